The molecular formula is C19H23N3O5S. The number of sulfone groups is 1. The van der Waals surface area contributed by atoms with Gasteiger partial charge in [0.15, 0.2) is 9.84 Å². The first-order valence-electron chi connectivity index (χ1n) is 9.11. The molecule has 2 amide bonds. The molecule has 1 N–H and O–H groups in total. The molecule has 0 spiro atoms. The van der Waals surface area contributed by atoms with Crippen LogP contribution >= 0.6 is 0 Å². The minimum absolute atomic E-state index is 0.0538. The fraction of sp³-hybridized carbons (Fsp3) is 0.421. The molecule has 1 aliphatic heterocycles. The molecule has 2 aromatic rings. The molecule has 1 aromatic heterocycles. The summed E-state index contributed by atoms with van der Waals surface area (Å²) in [5.41, 5.74) is 1.51. The number of nitrogens with one attached hydrogen (secondary N) is 1. The van der Waals surface area contributed by atoms with Gasteiger partial charge in [-0.15, -0.1) is 0 Å². The molecule has 3 rings (SSSR count). The van der Waals surface area contributed by atoms with Gasteiger partial charge < -0.3 is 14.7 Å². The molecule has 8 nitrogen and oxygen atoms in total. The number of carbonyl (C=O) groups is 2. The Kier molecular flexibility index (Phi) is 5.83. The van der Waals surface area contributed by atoms with Crippen molar-refractivity contribution in [3.63, 3.8) is 0 Å². The van der Waals surface area contributed by atoms with Crippen LogP contribution in [0, 0.1) is 6.92 Å². The molecule has 1 saturated heterocycles. The number of hydrogen-bond donors (Lipinski definition) is 1. The quantitative estimate of drug-likeness (QED) is 0.778. The Bertz CT molecular complexity index is 969. The smallest absolute Gasteiger partial charge is 0.260 e. The summed E-state index contributed by atoms with van der Waals surface area (Å²) >= 11 is 0. The minimum Gasteiger partial charge on any atom is -0.360 e. The molecule has 9 heteroatoms. The van der Waals surface area contributed by atoms with Crippen molar-refractivity contribution in [3.05, 3.63) is 41.7 Å². The number of carbonyl (C=O) groups excluding carboxylic acids is 2. The van der Waals surface area contributed by atoms with Crippen LogP contribution in [0.15, 0.2) is 34.9 Å². The number of likely N-dealkylation sites (N-methyl/N-ethyl adjacent to an activating group) is 1. The van der Waals surface area contributed by atoms with Crippen molar-refractivity contribution in [1.82, 2.24) is 15.4 Å². The van der Waals surface area contributed by atoms with E-state index in [-0.39, 0.29) is 29.9 Å². The predicted octanol–water partition coefficient (Wildman–Crippen LogP) is 1.42. The van der Waals surface area contributed by atoms with E-state index in [0.29, 0.717) is 30.0 Å². The fourth-order valence-electron chi connectivity index (χ4n) is 3.26. The largest absolute Gasteiger partial charge is 0.360 e. The van der Waals surface area contributed by atoms with Gasteiger partial charge in [-0.25, -0.2) is 8.42 Å². The Balaban J connectivity index is 1.74. The Morgan fingerprint density at radius 3 is 2.61 bits per heavy atom. The highest BCUT2D eigenvalue weighted by Crippen LogP contribution is 2.26. The van der Waals surface area contributed by atoms with Gasteiger partial charge in [0.05, 0.1) is 18.1 Å². The van der Waals surface area contributed by atoms with Crippen molar-refractivity contribution >= 4 is 21.7 Å². The third kappa shape index (κ3) is 4.41. The van der Waals surface area contributed by atoms with Gasteiger partial charge in [-0.05, 0) is 20.3 Å². The van der Waals surface area contributed by atoms with Crippen molar-refractivity contribution in [3.8, 4) is 11.3 Å². The van der Waals surface area contributed by atoms with E-state index in [0.717, 1.165) is 5.56 Å². The van der Waals surface area contributed by atoms with Crippen LogP contribution in [-0.4, -0.2) is 60.9 Å². The molecule has 28 heavy (non-hydrogen) atoms. The summed E-state index contributed by atoms with van der Waals surface area (Å²) in [4.78, 5) is 26.8. The summed E-state index contributed by atoms with van der Waals surface area (Å²) in [6.45, 7) is 3.58. The Morgan fingerprint density at radius 2 is 2.00 bits per heavy atom. The average Bonchev–Trinajstić information content (AvgIpc) is 3.21. The van der Waals surface area contributed by atoms with E-state index in [4.69, 9.17) is 4.52 Å². The van der Waals surface area contributed by atoms with Gasteiger partial charge in [-0.2, -0.15) is 0 Å². The van der Waals surface area contributed by atoms with Gasteiger partial charge in [-0.3, -0.25) is 9.59 Å². The van der Waals surface area contributed by atoms with E-state index in [1.807, 2.05) is 30.3 Å². The summed E-state index contributed by atoms with van der Waals surface area (Å²) in [5, 5.41) is 6.72. The first-order valence-corrected chi connectivity index (χ1v) is 10.9. The average molecular weight is 405 g/mol. The molecule has 150 valence electrons. The predicted molar refractivity (Wildman–Crippen MR) is 103 cm³/mol. The van der Waals surface area contributed by atoms with E-state index in [9.17, 15) is 18.0 Å². The summed E-state index contributed by atoms with van der Waals surface area (Å²) < 4.78 is 28.3. The second-order valence-electron chi connectivity index (χ2n) is 6.82. The monoisotopic (exact) mass is 405 g/mol. The number of nitrogens with zero attached hydrogens (tertiary/aromatic N) is 2. The lowest BCUT2D eigenvalue weighted by molar-refractivity contribution is -0.122. The van der Waals surface area contributed by atoms with Crippen molar-refractivity contribution in [1.29, 1.82) is 0 Å². The fourth-order valence-corrected chi connectivity index (χ4v) is 4.93. The zero-order valence-electron chi connectivity index (χ0n) is 15.8. The summed E-state index contributed by atoms with van der Waals surface area (Å²) in [6, 6.07) is 8.81. The summed E-state index contributed by atoms with van der Waals surface area (Å²) in [6.07, 6.45) is 0.400. The maximum absolute atomic E-state index is 13.1. The van der Waals surface area contributed by atoms with Crippen LogP contribution in [0.1, 0.15) is 29.5 Å². The molecule has 2 heterocycles. The van der Waals surface area contributed by atoms with Crippen LogP contribution in [0.4, 0.5) is 0 Å². The second-order valence-corrected chi connectivity index (χ2v) is 9.04. The lowest BCUT2D eigenvalue weighted by Gasteiger charge is -2.21. The van der Waals surface area contributed by atoms with Gasteiger partial charge in [0.1, 0.15) is 17.0 Å². The lowest BCUT2D eigenvalue weighted by Crippen LogP contribution is -2.44. The van der Waals surface area contributed by atoms with Crippen LogP contribution in [-0.2, 0) is 14.6 Å². The molecule has 1 aromatic carbocycles. The molecule has 1 aliphatic rings. The Labute approximate surface area is 163 Å². The SMILES string of the molecule is CCN(CC(=O)NC1CCS(=O)(=O)C1)C(=O)c1c(-c2ccccc2)noc1C. The zero-order chi connectivity index (χ0) is 20.3. The van der Waals surface area contributed by atoms with Crippen LogP contribution in [0.2, 0.25) is 0 Å². The third-order valence-corrected chi connectivity index (χ3v) is 6.49. The molecule has 1 atom stereocenters. The molecular weight excluding hydrogens is 382 g/mol. The molecule has 0 radical (unpaired) electrons. The Hall–Kier alpha value is -2.68. The molecule has 0 bridgehead atoms. The van der Waals surface area contributed by atoms with Crippen molar-refractivity contribution in [2.75, 3.05) is 24.6 Å². The highest BCUT2D eigenvalue weighted by atomic mass is 32.2. The maximum Gasteiger partial charge on any atom is 0.260 e. The molecule has 0 aliphatic carbocycles. The third-order valence-electron chi connectivity index (χ3n) is 4.72. The van der Waals surface area contributed by atoms with Crippen LogP contribution < -0.4 is 5.32 Å². The first-order chi connectivity index (χ1) is 13.3. The van der Waals surface area contributed by atoms with Gasteiger partial charge in [0, 0.05) is 18.2 Å². The van der Waals surface area contributed by atoms with Gasteiger partial charge in [-0.1, -0.05) is 35.5 Å². The van der Waals surface area contributed by atoms with E-state index in [1.54, 1.807) is 13.8 Å². The van der Waals surface area contributed by atoms with Crippen molar-refractivity contribution < 1.29 is 22.5 Å². The number of benzene rings is 1. The highest BCUT2D eigenvalue weighted by molar-refractivity contribution is 7.91. The molecule has 1 unspecified atom stereocenters. The van der Waals surface area contributed by atoms with Crippen LogP contribution in [0.5, 0.6) is 0 Å². The normalized spacial score (nSPS) is 18.0. The van der Waals surface area contributed by atoms with Gasteiger partial charge >= 0.3 is 0 Å². The number of aromatic nitrogens is 1. The molecule has 1 fully saturated rings. The van der Waals surface area contributed by atoms with Crippen molar-refractivity contribution in [2.45, 2.75) is 26.3 Å². The second kappa shape index (κ2) is 8.14. The maximum atomic E-state index is 13.1. The zero-order valence-corrected chi connectivity index (χ0v) is 16.7. The number of amides is 2. The van der Waals surface area contributed by atoms with E-state index >= 15 is 0 Å². The van der Waals surface area contributed by atoms with Gasteiger partial charge in [0.25, 0.3) is 5.91 Å². The number of rotatable bonds is 6. The van der Waals surface area contributed by atoms with E-state index in [2.05, 4.69) is 10.5 Å². The number of hydrogen-bond acceptors (Lipinski definition) is 6. The first kappa shape index (κ1) is 20.1. The van der Waals surface area contributed by atoms with Gasteiger partial charge in [0.2, 0.25) is 5.91 Å². The molecule has 0 saturated carbocycles. The van der Waals surface area contributed by atoms with E-state index < -0.39 is 15.9 Å². The standard InChI is InChI=1S/C19H23N3O5S/c1-3-22(11-16(23)20-15-9-10-28(25,26)12-15)19(24)17-13(2)27-21-18(17)14-7-5-4-6-8-14/h4-8,15H,3,9-12H2,1-2H3,(H,20,23). The minimum atomic E-state index is -3.08. The lowest BCUT2D eigenvalue weighted by atomic mass is 10.1. The number of aryl methyl sites for hydroxylation is 1. The van der Waals surface area contributed by atoms with E-state index in [1.165, 1.54) is 4.90 Å². The summed E-state index contributed by atoms with van der Waals surface area (Å²) in [7, 11) is -3.08. The van der Waals surface area contributed by atoms with Crippen LogP contribution in [0.3, 0.4) is 0 Å². The van der Waals surface area contributed by atoms with Crippen molar-refractivity contribution in [2.24, 2.45) is 0 Å². The highest BCUT2D eigenvalue weighted by Gasteiger charge is 2.30. The van der Waals surface area contributed by atoms with Crippen LogP contribution in [0.25, 0.3) is 11.3 Å². The Morgan fingerprint density at radius 1 is 1.29 bits per heavy atom. The summed E-state index contributed by atoms with van der Waals surface area (Å²) in [5.74, 6) is -0.331. The topological polar surface area (TPSA) is 110 Å².